The molecule has 5 nitrogen and oxygen atoms in total. The van der Waals surface area contributed by atoms with Gasteiger partial charge >= 0.3 is 0 Å². The highest BCUT2D eigenvalue weighted by Crippen LogP contribution is 2.40. The van der Waals surface area contributed by atoms with Gasteiger partial charge in [-0.3, -0.25) is 9.59 Å². The Morgan fingerprint density at radius 2 is 1.87 bits per heavy atom. The predicted octanol–water partition coefficient (Wildman–Crippen LogP) is 5.36. The molecule has 0 bridgehead atoms. The zero-order chi connectivity index (χ0) is 21.6. The molecule has 1 unspecified atom stereocenters. The number of rotatable bonds is 5. The Morgan fingerprint density at radius 3 is 2.57 bits per heavy atom. The molecule has 0 radical (unpaired) electrons. The lowest BCUT2D eigenvalue weighted by molar-refractivity contribution is 0.0722. The predicted molar refractivity (Wildman–Crippen MR) is 123 cm³/mol. The molecule has 0 fully saturated rings. The quantitative estimate of drug-likeness (QED) is 0.464. The third-order valence-electron chi connectivity index (χ3n) is 5.19. The standard InChI is InChI=1S/C22H19BrCl2N2O3/c1-26(2)8-3-9-27-19(12-4-6-15(24)16(25)10-12)18-20(28)14-11-13(23)5-7-17(14)30-21(18)22(27)29/h4-7,10-11,19H,3,8-9H2,1-2H3. The molecule has 1 amide bonds. The van der Waals surface area contributed by atoms with Gasteiger partial charge in [0.1, 0.15) is 5.58 Å². The molecule has 156 valence electrons. The summed E-state index contributed by atoms with van der Waals surface area (Å²) >= 11 is 15.8. The van der Waals surface area contributed by atoms with Crippen LogP contribution in [0.1, 0.15) is 34.1 Å². The molecule has 0 spiro atoms. The Morgan fingerprint density at radius 1 is 1.10 bits per heavy atom. The zero-order valence-electron chi connectivity index (χ0n) is 16.4. The molecular formula is C22H19BrCl2N2O3. The highest BCUT2D eigenvalue weighted by atomic mass is 79.9. The Bertz CT molecular complexity index is 1210. The highest BCUT2D eigenvalue weighted by Gasteiger charge is 2.42. The molecule has 0 N–H and O–H groups in total. The number of hydrogen-bond donors (Lipinski definition) is 0. The second kappa shape index (κ2) is 8.35. The van der Waals surface area contributed by atoms with E-state index in [2.05, 4.69) is 20.8 Å². The molecule has 1 atom stereocenters. The van der Waals surface area contributed by atoms with Crippen molar-refractivity contribution >= 4 is 56.0 Å². The van der Waals surface area contributed by atoms with Crippen LogP contribution >= 0.6 is 39.1 Å². The Balaban J connectivity index is 1.90. The van der Waals surface area contributed by atoms with E-state index in [-0.39, 0.29) is 17.1 Å². The van der Waals surface area contributed by atoms with Crippen LogP contribution in [-0.4, -0.2) is 42.9 Å². The number of carbonyl (C=O) groups is 1. The zero-order valence-corrected chi connectivity index (χ0v) is 19.5. The maximum atomic E-state index is 13.5. The number of halogens is 3. The van der Waals surface area contributed by atoms with Gasteiger partial charge in [0.2, 0.25) is 5.76 Å². The smallest absolute Gasteiger partial charge is 0.290 e. The molecule has 2 heterocycles. The topological polar surface area (TPSA) is 53.8 Å². The van der Waals surface area contributed by atoms with Gasteiger partial charge in [-0.25, -0.2) is 0 Å². The minimum absolute atomic E-state index is 0.0933. The summed E-state index contributed by atoms with van der Waals surface area (Å²) in [5.74, 6) is -0.197. The van der Waals surface area contributed by atoms with Gasteiger partial charge in [-0.05, 0) is 63.0 Å². The van der Waals surface area contributed by atoms with Crippen LogP contribution in [0.3, 0.4) is 0 Å². The first-order chi connectivity index (χ1) is 14.3. The van der Waals surface area contributed by atoms with E-state index in [1.165, 1.54) is 0 Å². The number of nitrogens with zero attached hydrogens (tertiary/aromatic N) is 2. The van der Waals surface area contributed by atoms with Gasteiger partial charge in [-0.1, -0.05) is 45.2 Å². The van der Waals surface area contributed by atoms with Crippen molar-refractivity contribution in [1.29, 1.82) is 0 Å². The molecule has 2 aromatic carbocycles. The van der Waals surface area contributed by atoms with Gasteiger partial charge in [0.25, 0.3) is 5.91 Å². The van der Waals surface area contributed by atoms with Crippen molar-refractivity contribution in [1.82, 2.24) is 9.80 Å². The molecular weight excluding hydrogens is 491 g/mol. The van der Waals surface area contributed by atoms with Gasteiger partial charge in [-0.2, -0.15) is 0 Å². The van der Waals surface area contributed by atoms with Crippen molar-refractivity contribution in [2.24, 2.45) is 0 Å². The van der Waals surface area contributed by atoms with Gasteiger partial charge in [-0.15, -0.1) is 0 Å². The highest BCUT2D eigenvalue weighted by molar-refractivity contribution is 9.10. The monoisotopic (exact) mass is 508 g/mol. The van der Waals surface area contributed by atoms with E-state index in [9.17, 15) is 9.59 Å². The average molecular weight is 510 g/mol. The van der Waals surface area contributed by atoms with Gasteiger partial charge in [0.05, 0.1) is 27.0 Å². The fourth-order valence-electron chi connectivity index (χ4n) is 3.81. The fraction of sp³-hybridized carbons (Fsp3) is 0.273. The summed E-state index contributed by atoms with van der Waals surface area (Å²) in [5, 5.41) is 1.21. The SMILES string of the molecule is CN(C)CCCN1C(=O)c2oc3ccc(Br)cc3c(=O)c2C1c1ccc(Cl)c(Cl)c1. The van der Waals surface area contributed by atoms with E-state index in [0.29, 0.717) is 33.1 Å². The molecule has 0 saturated heterocycles. The van der Waals surface area contributed by atoms with Crippen LogP contribution in [0.2, 0.25) is 10.0 Å². The molecule has 0 aliphatic carbocycles. The first-order valence-electron chi connectivity index (χ1n) is 9.45. The van der Waals surface area contributed by atoms with E-state index in [1.54, 1.807) is 41.3 Å². The molecule has 4 rings (SSSR count). The van der Waals surface area contributed by atoms with Crippen LogP contribution in [-0.2, 0) is 0 Å². The molecule has 1 aliphatic heterocycles. The maximum absolute atomic E-state index is 13.5. The molecule has 0 saturated carbocycles. The Labute approximate surface area is 192 Å². The number of hydrogen-bond acceptors (Lipinski definition) is 4. The van der Waals surface area contributed by atoms with E-state index in [1.807, 2.05) is 14.1 Å². The third kappa shape index (κ3) is 3.78. The Kier molecular flexibility index (Phi) is 5.95. The molecule has 8 heteroatoms. The fourth-order valence-corrected chi connectivity index (χ4v) is 4.48. The first-order valence-corrected chi connectivity index (χ1v) is 11.0. The molecule has 1 aliphatic rings. The lowest BCUT2D eigenvalue weighted by Gasteiger charge is -2.26. The van der Waals surface area contributed by atoms with Crippen LogP contribution in [0.25, 0.3) is 11.0 Å². The van der Waals surface area contributed by atoms with Crippen molar-refractivity contribution < 1.29 is 9.21 Å². The van der Waals surface area contributed by atoms with Gasteiger partial charge in [0.15, 0.2) is 5.43 Å². The Hall–Kier alpha value is -1.86. The van der Waals surface area contributed by atoms with Crippen LogP contribution in [0.4, 0.5) is 0 Å². The number of fused-ring (bicyclic) bond motifs is 2. The number of benzene rings is 2. The van der Waals surface area contributed by atoms with Gasteiger partial charge < -0.3 is 14.2 Å². The lowest BCUT2D eigenvalue weighted by Crippen LogP contribution is -2.32. The van der Waals surface area contributed by atoms with Crippen LogP contribution in [0.15, 0.2) is 50.1 Å². The summed E-state index contributed by atoms with van der Waals surface area (Å²) in [6.07, 6.45) is 0.754. The van der Waals surface area contributed by atoms with E-state index >= 15 is 0 Å². The second-order valence-corrected chi connectivity index (χ2v) is 9.28. The second-order valence-electron chi connectivity index (χ2n) is 7.55. The number of carbonyl (C=O) groups excluding carboxylic acids is 1. The summed E-state index contributed by atoms with van der Waals surface area (Å²) < 4.78 is 6.70. The van der Waals surface area contributed by atoms with Crippen molar-refractivity contribution in [3.05, 3.63) is 78.0 Å². The largest absolute Gasteiger partial charge is 0.450 e. The van der Waals surface area contributed by atoms with Crippen molar-refractivity contribution in [3.8, 4) is 0 Å². The third-order valence-corrected chi connectivity index (χ3v) is 6.42. The van der Waals surface area contributed by atoms with Crippen molar-refractivity contribution in [3.63, 3.8) is 0 Å². The van der Waals surface area contributed by atoms with Gasteiger partial charge in [0, 0.05) is 11.0 Å². The first kappa shape index (κ1) is 21.4. The van der Waals surface area contributed by atoms with Crippen LogP contribution in [0, 0.1) is 0 Å². The van der Waals surface area contributed by atoms with Crippen LogP contribution in [0.5, 0.6) is 0 Å². The maximum Gasteiger partial charge on any atom is 0.290 e. The summed E-state index contributed by atoms with van der Waals surface area (Å²) in [7, 11) is 3.96. The van der Waals surface area contributed by atoms with E-state index in [4.69, 9.17) is 27.6 Å². The normalized spacial score (nSPS) is 16.0. The summed E-state index contributed by atoms with van der Waals surface area (Å²) in [5.41, 5.74) is 1.24. The van der Waals surface area contributed by atoms with Crippen molar-refractivity contribution in [2.45, 2.75) is 12.5 Å². The minimum atomic E-state index is -0.580. The van der Waals surface area contributed by atoms with E-state index < -0.39 is 6.04 Å². The van der Waals surface area contributed by atoms with Crippen molar-refractivity contribution in [2.75, 3.05) is 27.2 Å². The summed E-state index contributed by atoms with van der Waals surface area (Å²) in [6, 6.07) is 9.79. The minimum Gasteiger partial charge on any atom is -0.450 e. The van der Waals surface area contributed by atoms with E-state index in [0.717, 1.165) is 23.0 Å². The molecule has 1 aromatic heterocycles. The number of amides is 1. The van der Waals surface area contributed by atoms with Crippen LogP contribution < -0.4 is 5.43 Å². The molecule has 3 aromatic rings. The molecule has 30 heavy (non-hydrogen) atoms. The average Bonchev–Trinajstić information content (AvgIpc) is 2.97. The summed E-state index contributed by atoms with van der Waals surface area (Å²) in [6.45, 7) is 1.29. The summed E-state index contributed by atoms with van der Waals surface area (Å²) in [4.78, 5) is 30.5. The lowest BCUT2D eigenvalue weighted by atomic mass is 9.98.